The van der Waals surface area contributed by atoms with Crippen LogP contribution < -0.4 is 0 Å². The lowest BCUT2D eigenvalue weighted by Crippen LogP contribution is -1.88. The van der Waals surface area contributed by atoms with Crippen molar-refractivity contribution in [2.75, 3.05) is 0 Å². The third-order valence-corrected chi connectivity index (χ3v) is 2.26. The van der Waals surface area contributed by atoms with Gasteiger partial charge in [-0.25, -0.2) is 0 Å². The Labute approximate surface area is 81.4 Å². The third-order valence-electron chi connectivity index (χ3n) is 2.26. The molecule has 0 spiro atoms. The summed E-state index contributed by atoms with van der Waals surface area (Å²) in [4.78, 5) is 0. The van der Waals surface area contributed by atoms with Gasteiger partial charge in [0.15, 0.2) is 0 Å². The zero-order valence-electron chi connectivity index (χ0n) is 8.75. The van der Waals surface area contributed by atoms with Crippen LogP contribution >= 0.6 is 0 Å². The van der Waals surface area contributed by atoms with E-state index < -0.39 is 0 Å². The fourth-order valence-electron chi connectivity index (χ4n) is 1.58. The van der Waals surface area contributed by atoms with E-state index in [0.717, 1.165) is 6.42 Å². The molecule has 0 saturated carbocycles. The Morgan fingerprint density at radius 1 is 1.08 bits per heavy atom. The van der Waals surface area contributed by atoms with Gasteiger partial charge in [-0.1, -0.05) is 57.2 Å². The van der Waals surface area contributed by atoms with Crippen LogP contribution in [0.5, 0.6) is 0 Å². The summed E-state index contributed by atoms with van der Waals surface area (Å²) in [7, 11) is 0. The molecule has 0 aromatic rings. The van der Waals surface area contributed by atoms with Gasteiger partial charge in [0.2, 0.25) is 0 Å². The van der Waals surface area contributed by atoms with Crippen LogP contribution in [0.4, 0.5) is 0 Å². The van der Waals surface area contributed by atoms with Crippen molar-refractivity contribution in [3.63, 3.8) is 0 Å². The van der Waals surface area contributed by atoms with Crippen molar-refractivity contribution in [3.8, 4) is 0 Å². The third kappa shape index (κ3) is 2.21. The van der Waals surface area contributed by atoms with Crippen LogP contribution in [0.3, 0.4) is 0 Å². The highest BCUT2D eigenvalue weighted by Gasteiger charge is 2.12. The van der Waals surface area contributed by atoms with E-state index in [2.05, 4.69) is 43.4 Å². The first kappa shape index (κ1) is 10.0. The zero-order valence-corrected chi connectivity index (χ0v) is 8.75. The smallest absolute Gasteiger partial charge is 0.000129 e. The van der Waals surface area contributed by atoms with E-state index in [-0.39, 0.29) is 0 Å². The Morgan fingerprint density at radius 3 is 2.54 bits per heavy atom. The van der Waals surface area contributed by atoms with E-state index in [9.17, 15) is 0 Å². The van der Waals surface area contributed by atoms with E-state index in [1.807, 2.05) is 13.8 Å². The van der Waals surface area contributed by atoms with Gasteiger partial charge in [0.25, 0.3) is 0 Å². The molecule has 0 heteroatoms. The van der Waals surface area contributed by atoms with Gasteiger partial charge in [-0.3, -0.25) is 0 Å². The normalized spacial score (nSPS) is 23.8. The fraction of sp³-hybridized carbons (Fsp3) is 0.385. The van der Waals surface area contributed by atoms with Gasteiger partial charge in [-0.05, 0) is 23.5 Å². The first-order valence-corrected chi connectivity index (χ1v) is 5.13. The standard InChI is InChI=1S/C11H12.C2H6/c1-9-7-8-10-5-3-2-4-6-11(9)10;1-2/h3-9H,2H2,1H3;1-2H3. The molecule has 1 unspecified atom stereocenters. The second kappa shape index (κ2) is 4.86. The number of hydrogen-bond donors (Lipinski definition) is 0. The van der Waals surface area contributed by atoms with Crippen molar-refractivity contribution >= 4 is 0 Å². The van der Waals surface area contributed by atoms with Crippen LogP contribution in [0, 0.1) is 5.92 Å². The lowest BCUT2D eigenvalue weighted by atomic mass is 10.0. The van der Waals surface area contributed by atoms with Gasteiger partial charge in [0, 0.05) is 0 Å². The van der Waals surface area contributed by atoms with Gasteiger partial charge >= 0.3 is 0 Å². The second-order valence-corrected chi connectivity index (χ2v) is 3.10. The molecule has 0 fully saturated rings. The Morgan fingerprint density at radius 2 is 1.77 bits per heavy atom. The predicted octanol–water partition coefficient (Wildman–Crippen LogP) is 4.03. The largest absolute Gasteiger partial charge is 0.0804 e. The van der Waals surface area contributed by atoms with Gasteiger partial charge in [0.05, 0.1) is 0 Å². The number of rotatable bonds is 0. The molecule has 0 radical (unpaired) electrons. The minimum Gasteiger partial charge on any atom is -0.0804 e. The highest BCUT2D eigenvalue weighted by Crippen LogP contribution is 2.28. The van der Waals surface area contributed by atoms with Crippen molar-refractivity contribution in [2.24, 2.45) is 5.92 Å². The molecule has 0 bridgehead atoms. The molecule has 2 aliphatic carbocycles. The second-order valence-electron chi connectivity index (χ2n) is 3.10. The zero-order chi connectivity index (χ0) is 9.68. The Hall–Kier alpha value is -1.04. The topological polar surface area (TPSA) is 0 Å². The lowest BCUT2D eigenvalue weighted by molar-refractivity contribution is 0.907. The van der Waals surface area contributed by atoms with E-state index in [0.29, 0.717) is 5.92 Å². The molecule has 0 aromatic carbocycles. The van der Waals surface area contributed by atoms with E-state index in [4.69, 9.17) is 0 Å². The first-order valence-electron chi connectivity index (χ1n) is 5.13. The van der Waals surface area contributed by atoms with Crippen LogP contribution in [-0.2, 0) is 0 Å². The van der Waals surface area contributed by atoms with Crippen LogP contribution in [0.2, 0.25) is 0 Å². The van der Waals surface area contributed by atoms with Crippen molar-refractivity contribution in [1.82, 2.24) is 0 Å². The molecule has 0 aromatic heterocycles. The van der Waals surface area contributed by atoms with Gasteiger partial charge in [-0.15, -0.1) is 0 Å². The van der Waals surface area contributed by atoms with Gasteiger partial charge in [-0.2, -0.15) is 0 Å². The molecule has 0 saturated heterocycles. The van der Waals surface area contributed by atoms with Gasteiger partial charge in [0.1, 0.15) is 0 Å². The summed E-state index contributed by atoms with van der Waals surface area (Å²) in [6.07, 6.45) is 14.4. The monoisotopic (exact) mass is 174 g/mol. The summed E-state index contributed by atoms with van der Waals surface area (Å²) in [5.74, 6) is 0.615. The molecule has 0 amide bonds. The Kier molecular flexibility index (Phi) is 3.75. The SMILES string of the molecule is CC.CC1C=CC2=C1C=CCC=C2. The number of allylic oxidation sites excluding steroid dienone is 8. The molecule has 2 rings (SSSR count). The summed E-state index contributed by atoms with van der Waals surface area (Å²) in [6.45, 7) is 6.24. The molecule has 13 heavy (non-hydrogen) atoms. The van der Waals surface area contributed by atoms with Crippen molar-refractivity contribution in [1.29, 1.82) is 0 Å². The Balaban J connectivity index is 0.000000396. The van der Waals surface area contributed by atoms with Crippen LogP contribution in [-0.4, -0.2) is 0 Å². The number of hydrogen-bond acceptors (Lipinski definition) is 0. The van der Waals surface area contributed by atoms with E-state index >= 15 is 0 Å². The molecule has 0 nitrogen and oxygen atoms in total. The van der Waals surface area contributed by atoms with E-state index in [1.54, 1.807) is 0 Å². The minimum absolute atomic E-state index is 0.615. The first-order chi connectivity index (χ1) is 6.38. The lowest BCUT2D eigenvalue weighted by Gasteiger charge is -2.02. The van der Waals surface area contributed by atoms with Crippen LogP contribution in [0.15, 0.2) is 47.6 Å². The van der Waals surface area contributed by atoms with Gasteiger partial charge < -0.3 is 0 Å². The molecule has 1 atom stereocenters. The van der Waals surface area contributed by atoms with Crippen molar-refractivity contribution < 1.29 is 0 Å². The molecular formula is C13H18. The highest BCUT2D eigenvalue weighted by atomic mass is 14.2. The maximum Gasteiger partial charge on any atom is -0.000129 e. The maximum atomic E-state index is 2.25. The van der Waals surface area contributed by atoms with Crippen molar-refractivity contribution in [3.05, 3.63) is 47.6 Å². The summed E-state index contributed by atoms with van der Waals surface area (Å²) >= 11 is 0. The molecule has 0 aliphatic heterocycles. The minimum atomic E-state index is 0.615. The quantitative estimate of drug-likeness (QED) is 0.520. The van der Waals surface area contributed by atoms with E-state index in [1.165, 1.54) is 11.1 Å². The average Bonchev–Trinajstić information content (AvgIpc) is 2.44. The van der Waals surface area contributed by atoms with Crippen LogP contribution in [0.25, 0.3) is 0 Å². The maximum absolute atomic E-state index is 2.25. The van der Waals surface area contributed by atoms with Crippen molar-refractivity contribution in [2.45, 2.75) is 27.2 Å². The molecule has 70 valence electrons. The van der Waals surface area contributed by atoms with Crippen LogP contribution in [0.1, 0.15) is 27.2 Å². The summed E-state index contributed by atoms with van der Waals surface area (Å²) in [5, 5.41) is 0. The fourth-order valence-corrected chi connectivity index (χ4v) is 1.58. The highest BCUT2D eigenvalue weighted by molar-refractivity contribution is 5.49. The predicted molar refractivity (Wildman–Crippen MR) is 59.6 cm³/mol. The Bertz CT molecular complexity index is 274. The summed E-state index contributed by atoms with van der Waals surface area (Å²) in [5.41, 5.74) is 2.87. The average molecular weight is 174 g/mol. The summed E-state index contributed by atoms with van der Waals surface area (Å²) < 4.78 is 0. The molecule has 0 N–H and O–H groups in total. The molecular weight excluding hydrogens is 156 g/mol. The molecule has 2 aliphatic rings. The summed E-state index contributed by atoms with van der Waals surface area (Å²) in [6, 6.07) is 0. The molecule has 0 heterocycles.